The predicted octanol–water partition coefficient (Wildman–Crippen LogP) is 3.86. The molecule has 0 atom stereocenters. The molecule has 0 aliphatic rings. The van der Waals surface area contributed by atoms with Crippen LogP contribution in [0.1, 0.15) is 5.69 Å². The van der Waals surface area contributed by atoms with Gasteiger partial charge in [0, 0.05) is 11.3 Å². The number of hydrogen-bond acceptors (Lipinski definition) is 2. The molecule has 0 bridgehead atoms. The first-order valence-electron chi connectivity index (χ1n) is 6.54. The first kappa shape index (κ1) is 12.5. The molecular formula is C17H16N2O. The fraction of sp³-hybridized carbons (Fsp3) is 0.118. The average Bonchev–Trinajstić information content (AvgIpc) is 2.90. The average molecular weight is 264 g/mol. The lowest BCUT2D eigenvalue weighted by molar-refractivity contribution is 0.414. The number of hydrogen-bond donors (Lipinski definition) is 0. The van der Waals surface area contributed by atoms with Crippen LogP contribution in [-0.2, 0) is 0 Å². The summed E-state index contributed by atoms with van der Waals surface area (Å²) in [6, 6.07) is 20.2. The molecule has 0 aliphatic heterocycles. The molecule has 0 amide bonds. The Morgan fingerprint density at radius 2 is 1.65 bits per heavy atom. The van der Waals surface area contributed by atoms with Gasteiger partial charge in [-0.3, -0.25) is 0 Å². The molecule has 0 radical (unpaired) electrons. The Hall–Kier alpha value is -2.55. The van der Waals surface area contributed by atoms with Crippen LogP contribution in [0.4, 0.5) is 0 Å². The Balaban J connectivity index is 2.00. The van der Waals surface area contributed by atoms with Crippen molar-refractivity contribution in [1.29, 1.82) is 0 Å². The quantitative estimate of drug-likeness (QED) is 0.718. The van der Waals surface area contributed by atoms with Crippen LogP contribution >= 0.6 is 0 Å². The molecule has 0 N–H and O–H groups in total. The van der Waals surface area contributed by atoms with Gasteiger partial charge in [-0.15, -0.1) is 0 Å². The molecule has 0 aliphatic carbocycles. The molecule has 3 rings (SSSR count). The van der Waals surface area contributed by atoms with Crippen LogP contribution in [0.3, 0.4) is 0 Å². The molecule has 0 fully saturated rings. The normalized spacial score (nSPS) is 10.5. The third-order valence-corrected chi connectivity index (χ3v) is 3.27. The van der Waals surface area contributed by atoms with Gasteiger partial charge >= 0.3 is 0 Å². The molecule has 1 aromatic heterocycles. The summed E-state index contributed by atoms with van der Waals surface area (Å²) in [4.78, 5) is 0. The van der Waals surface area contributed by atoms with E-state index in [1.807, 2.05) is 47.1 Å². The molecule has 3 aromatic rings. The molecule has 20 heavy (non-hydrogen) atoms. The fourth-order valence-corrected chi connectivity index (χ4v) is 2.21. The van der Waals surface area contributed by atoms with Crippen LogP contribution in [-0.4, -0.2) is 16.9 Å². The van der Waals surface area contributed by atoms with Crippen LogP contribution in [0.2, 0.25) is 0 Å². The third-order valence-electron chi connectivity index (χ3n) is 3.27. The lowest BCUT2D eigenvalue weighted by Crippen LogP contribution is -1.98. The van der Waals surface area contributed by atoms with Crippen LogP contribution in [0.15, 0.2) is 60.7 Å². The van der Waals surface area contributed by atoms with Gasteiger partial charge < -0.3 is 4.74 Å². The molecule has 100 valence electrons. The van der Waals surface area contributed by atoms with E-state index < -0.39 is 0 Å². The highest BCUT2D eigenvalue weighted by Crippen LogP contribution is 2.22. The fourth-order valence-electron chi connectivity index (χ4n) is 2.21. The van der Waals surface area contributed by atoms with Gasteiger partial charge in [-0.25, -0.2) is 4.68 Å². The van der Waals surface area contributed by atoms with Crippen LogP contribution in [0.5, 0.6) is 5.75 Å². The minimum atomic E-state index is 0.849. The summed E-state index contributed by atoms with van der Waals surface area (Å²) >= 11 is 0. The number of methoxy groups -OCH3 is 1. The van der Waals surface area contributed by atoms with Gasteiger partial charge in [0.1, 0.15) is 5.75 Å². The van der Waals surface area contributed by atoms with E-state index in [-0.39, 0.29) is 0 Å². The zero-order chi connectivity index (χ0) is 13.9. The van der Waals surface area contributed by atoms with Crippen molar-refractivity contribution in [2.45, 2.75) is 6.92 Å². The summed E-state index contributed by atoms with van der Waals surface area (Å²) in [6.45, 7) is 2.06. The largest absolute Gasteiger partial charge is 0.497 e. The van der Waals surface area contributed by atoms with E-state index in [2.05, 4.69) is 30.2 Å². The van der Waals surface area contributed by atoms with E-state index in [1.54, 1.807) is 7.11 Å². The van der Waals surface area contributed by atoms with Gasteiger partial charge in [0.25, 0.3) is 0 Å². The third kappa shape index (κ3) is 2.30. The van der Waals surface area contributed by atoms with Crippen molar-refractivity contribution in [3.05, 3.63) is 66.4 Å². The van der Waals surface area contributed by atoms with E-state index >= 15 is 0 Å². The highest BCUT2D eigenvalue weighted by molar-refractivity contribution is 5.59. The monoisotopic (exact) mass is 264 g/mol. The van der Waals surface area contributed by atoms with E-state index in [0.717, 1.165) is 28.4 Å². The molecule has 1 heterocycles. The highest BCUT2D eigenvalue weighted by Gasteiger charge is 2.07. The van der Waals surface area contributed by atoms with Crippen molar-refractivity contribution >= 4 is 0 Å². The molecule has 0 unspecified atom stereocenters. The Morgan fingerprint density at radius 1 is 0.950 bits per heavy atom. The van der Waals surface area contributed by atoms with E-state index in [4.69, 9.17) is 4.74 Å². The molecule has 0 saturated carbocycles. The second kappa shape index (κ2) is 5.21. The van der Waals surface area contributed by atoms with Gasteiger partial charge in [0.05, 0.1) is 18.5 Å². The summed E-state index contributed by atoms with van der Waals surface area (Å²) < 4.78 is 7.13. The Bertz CT molecular complexity index is 700. The molecule has 2 aromatic carbocycles. The zero-order valence-electron chi connectivity index (χ0n) is 11.6. The molecule has 0 saturated heterocycles. The van der Waals surface area contributed by atoms with Crippen molar-refractivity contribution in [2.75, 3.05) is 7.11 Å². The van der Waals surface area contributed by atoms with Crippen LogP contribution < -0.4 is 4.74 Å². The number of ether oxygens (including phenoxy) is 1. The van der Waals surface area contributed by atoms with Crippen molar-refractivity contribution < 1.29 is 4.74 Å². The van der Waals surface area contributed by atoms with Crippen LogP contribution in [0, 0.1) is 6.92 Å². The maximum Gasteiger partial charge on any atom is 0.119 e. The van der Waals surface area contributed by atoms with E-state index in [1.165, 1.54) is 0 Å². The number of aromatic nitrogens is 2. The summed E-state index contributed by atoms with van der Waals surface area (Å²) in [6.07, 6.45) is 0. The van der Waals surface area contributed by atoms with Crippen LogP contribution in [0.25, 0.3) is 16.9 Å². The second-order valence-corrected chi connectivity index (χ2v) is 4.65. The minimum absolute atomic E-state index is 0.849. The maximum atomic E-state index is 5.18. The van der Waals surface area contributed by atoms with Gasteiger partial charge in [-0.1, -0.05) is 30.3 Å². The molecule has 3 nitrogen and oxygen atoms in total. The smallest absolute Gasteiger partial charge is 0.119 e. The number of benzene rings is 2. The molecule has 3 heteroatoms. The lowest BCUT2D eigenvalue weighted by atomic mass is 10.1. The van der Waals surface area contributed by atoms with Gasteiger partial charge in [0.2, 0.25) is 0 Å². The number of rotatable bonds is 3. The summed E-state index contributed by atoms with van der Waals surface area (Å²) in [5.74, 6) is 0.849. The molecular weight excluding hydrogens is 248 g/mol. The lowest BCUT2D eigenvalue weighted by Gasteiger charge is -2.05. The zero-order valence-corrected chi connectivity index (χ0v) is 11.6. The summed E-state index contributed by atoms with van der Waals surface area (Å²) in [7, 11) is 1.67. The first-order chi connectivity index (χ1) is 9.78. The van der Waals surface area contributed by atoms with Crippen molar-refractivity contribution in [2.24, 2.45) is 0 Å². The van der Waals surface area contributed by atoms with Crippen molar-refractivity contribution in [3.63, 3.8) is 0 Å². The minimum Gasteiger partial charge on any atom is -0.497 e. The topological polar surface area (TPSA) is 27.1 Å². The Morgan fingerprint density at radius 3 is 2.30 bits per heavy atom. The van der Waals surface area contributed by atoms with Gasteiger partial charge in [-0.05, 0) is 37.3 Å². The Kier molecular flexibility index (Phi) is 3.25. The maximum absolute atomic E-state index is 5.18. The van der Waals surface area contributed by atoms with Crippen molar-refractivity contribution in [3.8, 4) is 22.7 Å². The first-order valence-corrected chi connectivity index (χ1v) is 6.54. The highest BCUT2D eigenvalue weighted by atomic mass is 16.5. The summed E-state index contributed by atoms with van der Waals surface area (Å²) in [5, 5.41) is 4.68. The Labute approximate surface area is 118 Å². The number of nitrogens with zero attached hydrogens (tertiary/aromatic N) is 2. The number of aryl methyl sites for hydroxylation is 1. The van der Waals surface area contributed by atoms with Gasteiger partial charge in [0.15, 0.2) is 0 Å². The summed E-state index contributed by atoms with van der Waals surface area (Å²) in [5.41, 5.74) is 4.25. The van der Waals surface area contributed by atoms with E-state index in [0.29, 0.717) is 0 Å². The van der Waals surface area contributed by atoms with Crippen molar-refractivity contribution in [1.82, 2.24) is 9.78 Å². The predicted molar refractivity (Wildman–Crippen MR) is 80.3 cm³/mol. The molecule has 0 spiro atoms. The second-order valence-electron chi connectivity index (χ2n) is 4.65. The van der Waals surface area contributed by atoms with Gasteiger partial charge in [-0.2, -0.15) is 5.10 Å². The SMILES string of the molecule is COc1ccc(-n2nc(-c3ccccc3)cc2C)cc1. The van der Waals surface area contributed by atoms with E-state index in [9.17, 15) is 0 Å². The standard InChI is InChI=1S/C17H16N2O/c1-13-12-17(14-6-4-3-5-7-14)18-19(13)15-8-10-16(20-2)11-9-15/h3-12H,1-2H3.